The van der Waals surface area contributed by atoms with E-state index in [0.717, 1.165) is 30.2 Å². The average molecular weight is 363 g/mol. The predicted molar refractivity (Wildman–Crippen MR) is 102 cm³/mol. The molecule has 25 heavy (non-hydrogen) atoms. The molecule has 2 N–H and O–H groups in total. The fraction of sp³-hybridized carbons (Fsp3) is 0.389. The molecular weight excluding hydrogens is 338 g/mol. The van der Waals surface area contributed by atoms with Gasteiger partial charge in [-0.2, -0.15) is 0 Å². The molecule has 0 bridgehead atoms. The summed E-state index contributed by atoms with van der Waals surface area (Å²) in [7, 11) is 6.62. The Balaban J connectivity index is 1.95. The molecule has 0 amide bonds. The van der Waals surface area contributed by atoms with Crippen molar-refractivity contribution in [2.75, 3.05) is 34.9 Å². The van der Waals surface area contributed by atoms with E-state index in [-0.39, 0.29) is 0 Å². The van der Waals surface area contributed by atoms with Crippen LogP contribution in [0, 0.1) is 0 Å². The topological polar surface area (TPSA) is 64.1 Å². The van der Waals surface area contributed by atoms with Crippen molar-refractivity contribution in [1.82, 2.24) is 10.6 Å². The lowest BCUT2D eigenvalue weighted by Crippen LogP contribution is -2.37. The van der Waals surface area contributed by atoms with E-state index in [1.165, 1.54) is 4.88 Å². The van der Waals surface area contributed by atoms with Gasteiger partial charge in [0.2, 0.25) is 0 Å². The molecule has 0 aliphatic carbocycles. The second kappa shape index (κ2) is 9.78. The van der Waals surface area contributed by atoms with E-state index in [4.69, 9.17) is 14.2 Å². The summed E-state index contributed by atoms with van der Waals surface area (Å²) in [5.74, 6) is 2.79. The minimum absolute atomic E-state index is 0.558. The molecule has 1 aromatic heterocycles. The van der Waals surface area contributed by atoms with Gasteiger partial charge in [-0.25, -0.2) is 0 Å². The second-order valence-corrected chi connectivity index (χ2v) is 6.23. The molecule has 6 nitrogen and oxygen atoms in total. The van der Waals surface area contributed by atoms with Crippen LogP contribution >= 0.6 is 11.3 Å². The molecule has 0 aliphatic rings. The van der Waals surface area contributed by atoms with Crippen molar-refractivity contribution in [2.45, 2.75) is 13.0 Å². The summed E-state index contributed by atoms with van der Waals surface area (Å²) >= 11 is 1.76. The monoisotopic (exact) mass is 363 g/mol. The number of ether oxygens (including phenoxy) is 3. The predicted octanol–water partition coefficient (Wildman–Crippen LogP) is 2.68. The van der Waals surface area contributed by atoms with Crippen LogP contribution in [0.15, 0.2) is 34.6 Å². The average Bonchev–Trinajstić information content (AvgIpc) is 3.17. The van der Waals surface area contributed by atoms with Crippen LogP contribution in [0.5, 0.6) is 17.2 Å². The number of methoxy groups -OCH3 is 3. The number of thiophene rings is 1. The van der Waals surface area contributed by atoms with Gasteiger partial charge in [0.25, 0.3) is 0 Å². The van der Waals surface area contributed by atoms with Gasteiger partial charge in [0.1, 0.15) is 5.75 Å². The summed E-state index contributed by atoms with van der Waals surface area (Å²) in [6.45, 7) is 1.38. The largest absolute Gasteiger partial charge is 0.496 e. The third kappa shape index (κ3) is 5.29. The van der Waals surface area contributed by atoms with E-state index in [1.54, 1.807) is 39.7 Å². The van der Waals surface area contributed by atoms with Crippen molar-refractivity contribution in [3.63, 3.8) is 0 Å². The molecule has 0 atom stereocenters. The maximum absolute atomic E-state index is 5.45. The van der Waals surface area contributed by atoms with Gasteiger partial charge in [-0.15, -0.1) is 11.3 Å². The summed E-state index contributed by atoms with van der Waals surface area (Å²) in [6, 6.07) is 7.93. The van der Waals surface area contributed by atoms with Gasteiger partial charge in [-0.05, 0) is 23.9 Å². The van der Waals surface area contributed by atoms with E-state index in [0.29, 0.717) is 18.0 Å². The lowest BCUT2D eigenvalue weighted by atomic mass is 10.1. The number of nitrogens with one attached hydrogen (secondary N) is 2. The molecule has 0 fully saturated rings. The Kier molecular flexibility index (Phi) is 7.40. The molecular formula is C18H25N3O3S. The van der Waals surface area contributed by atoms with Crippen LogP contribution in [0.3, 0.4) is 0 Å². The zero-order chi connectivity index (χ0) is 18.1. The summed E-state index contributed by atoms with van der Waals surface area (Å²) in [6.07, 6.45) is 0.970. The molecule has 7 heteroatoms. The highest BCUT2D eigenvalue weighted by molar-refractivity contribution is 7.09. The van der Waals surface area contributed by atoms with E-state index in [1.807, 2.05) is 12.1 Å². The molecule has 0 radical (unpaired) electrons. The molecule has 0 unspecified atom stereocenters. The number of rotatable bonds is 8. The first-order valence-corrected chi connectivity index (χ1v) is 8.85. The highest BCUT2D eigenvalue weighted by Crippen LogP contribution is 2.34. The summed E-state index contributed by atoms with van der Waals surface area (Å²) < 4.78 is 16.1. The first kappa shape index (κ1) is 18.9. The zero-order valence-corrected chi connectivity index (χ0v) is 15.9. The molecule has 1 aromatic carbocycles. The van der Waals surface area contributed by atoms with Crippen molar-refractivity contribution in [3.05, 3.63) is 40.1 Å². The van der Waals surface area contributed by atoms with Crippen LogP contribution in [0.25, 0.3) is 0 Å². The third-order valence-electron chi connectivity index (χ3n) is 3.70. The van der Waals surface area contributed by atoms with Crippen LogP contribution < -0.4 is 24.8 Å². The number of guanidine groups is 1. The van der Waals surface area contributed by atoms with E-state index < -0.39 is 0 Å². The Morgan fingerprint density at radius 2 is 1.76 bits per heavy atom. The molecule has 1 heterocycles. The summed E-state index contributed by atoms with van der Waals surface area (Å²) in [5.41, 5.74) is 0.960. The third-order valence-corrected chi connectivity index (χ3v) is 4.64. The standard InChI is InChI=1S/C18H25N3O3S/c1-19-18(20-8-7-14-6-5-9-25-14)21-12-13-10-16(23-3)17(24-4)11-15(13)22-2/h5-6,9-11H,7-8,12H2,1-4H3,(H2,19,20,21). The lowest BCUT2D eigenvalue weighted by molar-refractivity contribution is 0.347. The Morgan fingerprint density at radius 1 is 1.04 bits per heavy atom. The highest BCUT2D eigenvalue weighted by Gasteiger charge is 2.12. The maximum atomic E-state index is 5.45. The SMILES string of the molecule is CN=C(NCCc1cccs1)NCc1cc(OC)c(OC)cc1OC. The first-order chi connectivity index (χ1) is 12.2. The minimum Gasteiger partial charge on any atom is -0.496 e. The Morgan fingerprint density at radius 3 is 2.36 bits per heavy atom. The Hall–Kier alpha value is -2.41. The van der Waals surface area contributed by atoms with Crippen LogP contribution in [-0.2, 0) is 13.0 Å². The smallest absolute Gasteiger partial charge is 0.191 e. The van der Waals surface area contributed by atoms with E-state index >= 15 is 0 Å². The second-order valence-electron chi connectivity index (χ2n) is 5.20. The van der Waals surface area contributed by atoms with Crippen LogP contribution in [0.1, 0.15) is 10.4 Å². The van der Waals surface area contributed by atoms with Crippen molar-refractivity contribution in [2.24, 2.45) is 4.99 Å². The van der Waals surface area contributed by atoms with Gasteiger partial charge < -0.3 is 24.8 Å². The Labute approximate surface area is 152 Å². The molecule has 2 rings (SSSR count). The van der Waals surface area contributed by atoms with Gasteiger partial charge >= 0.3 is 0 Å². The van der Waals surface area contributed by atoms with Crippen molar-refractivity contribution < 1.29 is 14.2 Å². The fourth-order valence-electron chi connectivity index (χ4n) is 2.39. The number of nitrogens with zero attached hydrogens (tertiary/aromatic N) is 1. The van der Waals surface area contributed by atoms with Crippen LogP contribution in [0.2, 0.25) is 0 Å². The molecule has 0 aliphatic heterocycles. The zero-order valence-electron chi connectivity index (χ0n) is 15.1. The number of hydrogen-bond acceptors (Lipinski definition) is 5. The van der Waals surface area contributed by atoms with Gasteiger partial charge in [0, 0.05) is 36.6 Å². The maximum Gasteiger partial charge on any atom is 0.191 e. The molecule has 0 spiro atoms. The number of aliphatic imine (C=N–C) groups is 1. The van der Waals surface area contributed by atoms with Crippen molar-refractivity contribution >= 4 is 17.3 Å². The molecule has 2 aromatic rings. The summed E-state index contributed by atoms with van der Waals surface area (Å²) in [4.78, 5) is 5.61. The number of benzene rings is 1. The van der Waals surface area contributed by atoms with E-state index in [9.17, 15) is 0 Å². The molecule has 136 valence electrons. The van der Waals surface area contributed by atoms with Gasteiger partial charge in [0.15, 0.2) is 17.5 Å². The van der Waals surface area contributed by atoms with Crippen LogP contribution in [0.4, 0.5) is 0 Å². The fourth-order valence-corrected chi connectivity index (χ4v) is 3.10. The lowest BCUT2D eigenvalue weighted by Gasteiger charge is -2.16. The Bertz CT molecular complexity index is 687. The van der Waals surface area contributed by atoms with E-state index in [2.05, 4.69) is 33.1 Å². The van der Waals surface area contributed by atoms with Crippen molar-refractivity contribution in [1.29, 1.82) is 0 Å². The first-order valence-electron chi connectivity index (χ1n) is 7.97. The summed E-state index contributed by atoms with van der Waals surface area (Å²) in [5, 5.41) is 8.70. The quantitative estimate of drug-likeness (QED) is 0.558. The van der Waals surface area contributed by atoms with Gasteiger partial charge in [0.05, 0.1) is 21.3 Å². The van der Waals surface area contributed by atoms with Crippen molar-refractivity contribution in [3.8, 4) is 17.2 Å². The van der Waals surface area contributed by atoms with Gasteiger partial charge in [-0.3, -0.25) is 4.99 Å². The molecule has 0 saturated carbocycles. The van der Waals surface area contributed by atoms with Gasteiger partial charge in [-0.1, -0.05) is 6.07 Å². The molecule has 0 saturated heterocycles. The van der Waals surface area contributed by atoms with Crippen LogP contribution in [-0.4, -0.2) is 40.9 Å². The minimum atomic E-state index is 0.558. The highest BCUT2D eigenvalue weighted by atomic mass is 32.1. The normalized spacial score (nSPS) is 11.1. The number of hydrogen-bond donors (Lipinski definition) is 2.